The molecule has 1 amide bonds. The van der Waals surface area contributed by atoms with Crippen LogP contribution in [0.15, 0.2) is 0 Å². The van der Waals surface area contributed by atoms with Crippen molar-refractivity contribution in [1.82, 2.24) is 9.80 Å². The standard InChI is InChI=1S/C16H30N2O/c1-16(2,3)15(19)17(4)10-7-13-8-11-18(12-9-13)14-5-6-14/h13-14H,5-12H2,1-4H3. The van der Waals surface area contributed by atoms with Crippen molar-refractivity contribution in [3.63, 3.8) is 0 Å². The molecule has 0 N–H and O–H groups in total. The summed E-state index contributed by atoms with van der Waals surface area (Å²) >= 11 is 0. The molecule has 0 unspecified atom stereocenters. The Balaban J connectivity index is 1.67. The SMILES string of the molecule is CN(CCC1CCN(C2CC2)CC1)C(=O)C(C)(C)C. The van der Waals surface area contributed by atoms with E-state index in [1.807, 2.05) is 32.7 Å². The zero-order chi connectivity index (χ0) is 14.0. The van der Waals surface area contributed by atoms with Crippen LogP contribution in [-0.2, 0) is 4.79 Å². The van der Waals surface area contributed by atoms with E-state index in [-0.39, 0.29) is 11.3 Å². The molecule has 1 aliphatic carbocycles. The highest BCUT2D eigenvalue weighted by atomic mass is 16.2. The second-order valence-corrected chi connectivity index (χ2v) is 7.48. The topological polar surface area (TPSA) is 23.6 Å². The lowest BCUT2D eigenvalue weighted by molar-refractivity contribution is -0.138. The zero-order valence-electron chi connectivity index (χ0n) is 13.1. The van der Waals surface area contributed by atoms with Gasteiger partial charge >= 0.3 is 0 Å². The molecule has 0 atom stereocenters. The Morgan fingerprint density at radius 2 is 1.74 bits per heavy atom. The predicted molar refractivity (Wildman–Crippen MR) is 79.0 cm³/mol. The van der Waals surface area contributed by atoms with Gasteiger partial charge in [-0.1, -0.05) is 20.8 Å². The molecule has 19 heavy (non-hydrogen) atoms. The van der Waals surface area contributed by atoms with Crippen molar-refractivity contribution in [2.45, 2.75) is 58.9 Å². The molecule has 0 radical (unpaired) electrons. The third-order valence-corrected chi connectivity index (χ3v) is 4.57. The average molecular weight is 266 g/mol. The molecule has 0 aromatic heterocycles. The van der Waals surface area contributed by atoms with Crippen LogP contribution in [0.5, 0.6) is 0 Å². The van der Waals surface area contributed by atoms with E-state index < -0.39 is 0 Å². The highest BCUT2D eigenvalue weighted by molar-refractivity contribution is 5.81. The lowest BCUT2D eigenvalue weighted by atomic mass is 9.92. The number of rotatable bonds is 4. The van der Waals surface area contributed by atoms with Crippen molar-refractivity contribution >= 4 is 5.91 Å². The minimum absolute atomic E-state index is 0.246. The monoisotopic (exact) mass is 266 g/mol. The van der Waals surface area contributed by atoms with Crippen molar-refractivity contribution in [3.8, 4) is 0 Å². The summed E-state index contributed by atoms with van der Waals surface area (Å²) in [5.41, 5.74) is -0.246. The van der Waals surface area contributed by atoms with Gasteiger partial charge in [-0.3, -0.25) is 4.79 Å². The number of amides is 1. The molecule has 1 aliphatic heterocycles. The molecule has 0 aromatic carbocycles. The van der Waals surface area contributed by atoms with E-state index in [1.54, 1.807) is 0 Å². The molecule has 110 valence electrons. The number of piperidine rings is 1. The third-order valence-electron chi connectivity index (χ3n) is 4.57. The van der Waals surface area contributed by atoms with Crippen molar-refractivity contribution in [3.05, 3.63) is 0 Å². The third kappa shape index (κ3) is 4.20. The molecule has 1 saturated carbocycles. The van der Waals surface area contributed by atoms with Crippen molar-refractivity contribution in [2.24, 2.45) is 11.3 Å². The second-order valence-electron chi connectivity index (χ2n) is 7.48. The summed E-state index contributed by atoms with van der Waals surface area (Å²) in [7, 11) is 1.95. The van der Waals surface area contributed by atoms with Crippen LogP contribution in [-0.4, -0.2) is 48.4 Å². The fraction of sp³-hybridized carbons (Fsp3) is 0.938. The smallest absolute Gasteiger partial charge is 0.227 e. The van der Waals surface area contributed by atoms with Gasteiger partial charge in [-0.25, -0.2) is 0 Å². The highest BCUT2D eigenvalue weighted by Gasteiger charge is 2.32. The highest BCUT2D eigenvalue weighted by Crippen LogP contribution is 2.31. The lowest BCUT2D eigenvalue weighted by Gasteiger charge is -2.33. The van der Waals surface area contributed by atoms with Crippen LogP contribution in [0.3, 0.4) is 0 Å². The largest absolute Gasteiger partial charge is 0.345 e. The van der Waals surface area contributed by atoms with Crippen LogP contribution in [0.4, 0.5) is 0 Å². The first kappa shape index (κ1) is 14.8. The first-order chi connectivity index (χ1) is 8.88. The van der Waals surface area contributed by atoms with E-state index in [0.29, 0.717) is 0 Å². The maximum absolute atomic E-state index is 12.1. The van der Waals surface area contributed by atoms with Gasteiger partial charge in [-0.05, 0) is 51.1 Å². The minimum Gasteiger partial charge on any atom is -0.345 e. The maximum atomic E-state index is 12.1. The second kappa shape index (κ2) is 5.82. The molecule has 2 rings (SSSR count). The quantitative estimate of drug-likeness (QED) is 0.781. The van der Waals surface area contributed by atoms with E-state index in [9.17, 15) is 4.79 Å². The minimum atomic E-state index is -0.246. The van der Waals surface area contributed by atoms with Gasteiger partial charge in [-0.2, -0.15) is 0 Å². The summed E-state index contributed by atoms with van der Waals surface area (Å²) in [5.74, 6) is 1.09. The number of hydrogen-bond donors (Lipinski definition) is 0. The number of carbonyl (C=O) groups is 1. The van der Waals surface area contributed by atoms with Gasteiger partial charge in [-0.15, -0.1) is 0 Å². The Bertz CT molecular complexity index is 309. The van der Waals surface area contributed by atoms with Crippen molar-refractivity contribution in [2.75, 3.05) is 26.7 Å². The number of nitrogens with zero attached hydrogens (tertiary/aromatic N) is 2. The van der Waals surface area contributed by atoms with Gasteiger partial charge in [0.05, 0.1) is 0 Å². The van der Waals surface area contributed by atoms with Gasteiger partial charge in [0.2, 0.25) is 5.91 Å². The van der Waals surface area contributed by atoms with Crippen LogP contribution in [0.1, 0.15) is 52.9 Å². The van der Waals surface area contributed by atoms with Crippen molar-refractivity contribution in [1.29, 1.82) is 0 Å². The van der Waals surface area contributed by atoms with Gasteiger partial charge in [0.25, 0.3) is 0 Å². The number of likely N-dealkylation sites (tertiary alicyclic amines) is 1. The summed E-state index contributed by atoms with van der Waals surface area (Å²) in [5, 5.41) is 0. The summed E-state index contributed by atoms with van der Waals surface area (Å²) in [6.45, 7) is 9.49. The molecular weight excluding hydrogens is 236 g/mol. The molecule has 1 heterocycles. The van der Waals surface area contributed by atoms with Gasteiger partial charge < -0.3 is 9.80 Å². The summed E-state index contributed by atoms with van der Waals surface area (Å²) < 4.78 is 0. The molecule has 3 nitrogen and oxygen atoms in total. The lowest BCUT2D eigenvalue weighted by Crippen LogP contribution is -2.39. The predicted octanol–water partition coefficient (Wildman–Crippen LogP) is 2.76. The molecule has 1 saturated heterocycles. The van der Waals surface area contributed by atoms with E-state index in [0.717, 1.165) is 18.5 Å². The molecule has 0 aromatic rings. The van der Waals surface area contributed by atoms with Crippen molar-refractivity contribution < 1.29 is 4.79 Å². The molecule has 2 fully saturated rings. The van der Waals surface area contributed by atoms with Gasteiger partial charge in [0.1, 0.15) is 0 Å². The first-order valence-corrected chi connectivity index (χ1v) is 7.87. The van der Waals surface area contributed by atoms with Gasteiger partial charge in [0.15, 0.2) is 0 Å². The Hall–Kier alpha value is -0.570. The Morgan fingerprint density at radius 3 is 2.21 bits per heavy atom. The normalized spacial score (nSPS) is 22.5. The summed E-state index contributed by atoms with van der Waals surface area (Å²) in [6.07, 6.45) is 6.68. The van der Waals surface area contributed by atoms with Crippen LogP contribution in [0.2, 0.25) is 0 Å². The van der Waals surface area contributed by atoms with Gasteiger partial charge in [0, 0.05) is 25.0 Å². The maximum Gasteiger partial charge on any atom is 0.227 e. The fourth-order valence-electron chi connectivity index (χ4n) is 3.10. The van der Waals surface area contributed by atoms with E-state index >= 15 is 0 Å². The average Bonchev–Trinajstić information content (AvgIpc) is 3.19. The Kier molecular flexibility index (Phi) is 4.54. The number of carbonyl (C=O) groups excluding carboxylic acids is 1. The van der Waals surface area contributed by atoms with Crippen LogP contribution in [0.25, 0.3) is 0 Å². The summed E-state index contributed by atoms with van der Waals surface area (Å²) in [4.78, 5) is 16.7. The zero-order valence-corrected chi connectivity index (χ0v) is 13.1. The Labute approximate surface area is 118 Å². The van der Waals surface area contributed by atoms with Crippen LogP contribution >= 0.6 is 0 Å². The first-order valence-electron chi connectivity index (χ1n) is 7.87. The van der Waals surface area contributed by atoms with E-state index in [4.69, 9.17) is 0 Å². The molecule has 2 aliphatic rings. The number of hydrogen-bond acceptors (Lipinski definition) is 2. The molecule has 0 spiro atoms. The molecular formula is C16H30N2O. The van der Waals surface area contributed by atoms with Crippen LogP contribution < -0.4 is 0 Å². The van der Waals surface area contributed by atoms with Crippen LogP contribution in [0, 0.1) is 11.3 Å². The Morgan fingerprint density at radius 1 is 1.16 bits per heavy atom. The molecule has 0 bridgehead atoms. The van der Waals surface area contributed by atoms with E-state index in [1.165, 1.54) is 45.2 Å². The van der Waals surface area contributed by atoms with E-state index in [2.05, 4.69) is 4.90 Å². The summed E-state index contributed by atoms with van der Waals surface area (Å²) in [6, 6.07) is 0.922. The molecule has 3 heteroatoms. The fourth-order valence-corrected chi connectivity index (χ4v) is 3.10.